The standard InChI is InChI=1S/C23H22N2O3S/c1-15(12-18-9-5-4-6-10-18)13-20-22(27)25(23(28)29-20)14-21(26)24-19-11-7-8-16(2)17(19)3/h4-13H,14H2,1-3H3,(H,24,26)/b15-12+,20-13+. The minimum Gasteiger partial charge on any atom is -0.324 e. The number of carbonyl (C=O) groups is 3. The van der Waals surface area contributed by atoms with Crippen molar-refractivity contribution in [3.8, 4) is 0 Å². The van der Waals surface area contributed by atoms with Crippen molar-refractivity contribution in [3.63, 3.8) is 0 Å². The Hall–Kier alpha value is -3.12. The Morgan fingerprint density at radius 1 is 1.07 bits per heavy atom. The zero-order valence-corrected chi connectivity index (χ0v) is 17.4. The molecular weight excluding hydrogens is 384 g/mol. The molecule has 0 saturated carbocycles. The summed E-state index contributed by atoms with van der Waals surface area (Å²) in [6.45, 7) is 5.43. The molecule has 2 aromatic rings. The fourth-order valence-corrected chi connectivity index (χ4v) is 3.80. The van der Waals surface area contributed by atoms with Gasteiger partial charge in [0.25, 0.3) is 11.1 Å². The van der Waals surface area contributed by atoms with E-state index in [4.69, 9.17) is 0 Å². The summed E-state index contributed by atoms with van der Waals surface area (Å²) in [5, 5.41) is 2.34. The van der Waals surface area contributed by atoms with E-state index >= 15 is 0 Å². The predicted molar refractivity (Wildman–Crippen MR) is 117 cm³/mol. The highest BCUT2D eigenvalue weighted by atomic mass is 32.2. The van der Waals surface area contributed by atoms with E-state index in [0.717, 1.165) is 38.9 Å². The van der Waals surface area contributed by atoms with Gasteiger partial charge < -0.3 is 5.32 Å². The maximum atomic E-state index is 12.6. The number of nitrogens with zero attached hydrogens (tertiary/aromatic N) is 1. The summed E-state index contributed by atoms with van der Waals surface area (Å²) in [5.41, 5.74) is 4.54. The molecule has 1 saturated heterocycles. The molecule has 0 radical (unpaired) electrons. The lowest BCUT2D eigenvalue weighted by Crippen LogP contribution is -2.36. The van der Waals surface area contributed by atoms with Gasteiger partial charge in [-0.1, -0.05) is 48.5 Å². The Balaban J connectivity index is 1.69. The van der Waals surface area contributed by atoms with Crippen molar-refractivity contribution < 1.29 is 14.4 Å². The molecule has 0 bridgehead atoms. The fraction of sp³-hybridized carbons (Fsp3) is 0.174. The SMILES string of the molecule is CC(=C\c1ccccc1)/C=C1/SC(=O)N(CC(=O)Nc2cccc(C)c2C)C1=O. The van der Waals surface area contributed by atoms with Gasteiger partial charge in [-0.2, -0.15) is 0 Å². The molecule has 1 fully saturated rings. The fourth-order valence-electron chi connectivity index (χ4n) is 2.92. The molecule has 0 spiro atoms. The summed E-state index contributed by atoms with van der Waals surface area (Å²) < 4.78 is 0. The van der Waals surface area contributed by atoms with Gasteiger partial charge in [-0.25, -0.2) is 0 Å². The summed E-state index contributed by atoms with van der Waals surface area (Å²) in [7, 11) is 0. The topological polar surface area (TPSA) is 66.5 Å². The second kappa shape index (κ2) is 8.92. The lowest BCUT2D eigenvalue weighted by Gasteiger charge is -2.14. The smallest absolute Gasteiger partial charge is 0.294 e. The number of imide groups is 1. The van der Waals surface area contributed by atoms with Crippen molar-refractivity contribution in [1.82, 2.24) is 4.90 Å². The van der Waals surface area contributed by atoms with Gasteiger partial charge in [0, 0.05) is 5.69 Å². The summed E-state index contributed by atoms with van der Waals surface area (Å²) in [4.78, 5) is 38.6. The van der Waals surface area contributed by atoms with Crippen LogP contribution in [0.5, 0.6) is 0 Å². The molecule has 5 nitrogen and oxygen atoms in total. The molecule has 3 rings (SSSR count). The Morgan fingerprint density at radius 3 is 2.52 bits per heavy atom. The minimum atomic E-state index is -0.447. The van der Waals surface area contributed by atoms with Crippen LogP contribution < -0.4 is 5.32 Å². The van der Waals surface area contributed by atoms with Gasteiger partial charge in [-0.15, -0.1) is 0 Å². The Morgan fingerprint density at radius 2 is 1.79 bits per heavy atom. The quantitative estimate of drug-likeness (QED) is 0.716. The van der Waals surface area contributed by atoms with Crippen molar-refractivity contribution in [2.24, 2.45) is 0 Å². The van der Waals surface area contributed by atoms with Crippen molar-refractivity contribution in [1.29, 1.82) is 0 Å². The van der Waals surface area contributed by atoms with E-state index in [0.29, 0.717) is 10.6 Å². The van der Waals surface area contributed by atoms with E-state index in [1.165, 1.54) is 0 Å². The van der Waals surface area contributed by atoms with Crippen molar-refractivity contribution >= 4 is 40.6 Å². The van der Waals surface area contributed by atoms with Crippen LogP contribution >= 0.6 is 11.8 Å². The van der Waals surface area contributed by atoms with Crippen molar-refractivity contribution in [2.75, 3.05) is 11.9 Å². The molecule has 1 heterocycles. The highest BCUT2D eigenvalue weighted by Crippen LogP contribution is 2.31. The highest BCUT2D eigenvalue weighted by molar-refractivity contribution is 8.18. The minimum absolute atomic E-state index is 0.309. The van der Waals surface area contributed by atoms with Crippen LogP contribution in [-0.2, 0) is 9.59 Å². The maximum absolute atomic E-state index is 12.6. The molecule has 0 unspecified atom stereocenters. The van der Waals surface area contributed by atoms with Gasteiger partial charge in [0.15, 0.2) is 0 Å². The van der Waals surface area contributed by atoms with E-state index in [9.17, 15) is 14.4 Å². The number of rotatable bonds is 5. The van der Waals surface area contributed by atoms with Crippen LogP contribution in [-0.4, -0.2) is 28.5 Å². The van der Waals surface area contributed by atoms with Crippen LogP contribution in [0.3, 0.4) is 0 Å². The second-order valence-electron chi connectivity index (χ2n) is 6.86. The number of thioether (sulfide) groups is 1. The lowest BCUT2D eigenvalue weighted by atomic mass is 10.1. The number of aryl methyl sites for hydroxylation is 1. The van der Waals surface area contributed by atoms with Crippen LogP contribution in [0.4, 0.5) is 10.5 Å². The van der Waals surface area contributed by atoms with Gasteiger partial charge in [-0.05, 0) is 66.9 Å². The lowest BCUT2D eigenvalue weighted by molar-refractivity contribution is -0.127. The van der Waals surface area contributed by atoms with E-state index in [1.807, 2.05) is 69.3 Å². The zero-order chi connectivity index (χ0) is 21.0. The largest absolute Gasteiger partial charge is 0.324 e. The number of hydrogen-bond acceptors (Lipinski definition) is 4. The number of benzene rings is 2. The molecule has 0 atom stereocenters. The first-order chi connectivity index (χ1) is 13.8. The van der Waals surface area contributed by atoms with Crippen LogP contribution in [0, 0.1) is 13.8 Å². The normalized spacial score (nSPS) is 15.9. The van der Waals surface area contributed by atoms with E-state index < -0.39 is 17.1 Å². The zero-order valence-electron chi connectivity index (χ0n) is 16.6. The van der Waals surface area contributed by atoms with Gasteiger partial charge in [0.2, 0.25) is 5.91 Å². The average Bonchev–Trinajstić information content (AvgIpc) is 2.93. The van der Waals surface area contributed by atoms with E-state index in [-0.39, 0.29) is 6.54 Å². The average molecular weight is 407 g/mol. The van der Waals surface area contributed by atoms with Crippen LogP contribution in [0.2, 0.25) is 0 Å². The van der Waals surface area contributed by atoms with Crippen LogP contribution in [0.25, 0.3) is 6.08 Å². The molecular formula is C23H22N2O3S. The van der Waals surface area contributed by atoms with E-state index in [2.05, 4.69) is 5.32 Å². The summed E-state index contributed by atoms with van der Waals surface area (Å²) in [6.07, 6.45) is 3.61. The number of anilines is 1. The van der Waals surface area contributed by atoms with Crippen LogP contribution in [0.1, 0.15) is 23.6 Å². The Kier molecular flexibility index (Phi) is 6.34. The third-order valence-electron chi connectivity index (χ3n) is 4.61. The number of carbonyl (C=O) groups excluding carboxylic acids is 3. The van der Waals surface area contributed by atoms with Gasteiger partial charge in [-0.3, -0.25) is 19.3 Å². The molecule has 148 valence electrons. The number of amides is 3. The molecule has 2 aromatic carbocycles. The number of allylic oxidation sites excluding steroid dienone is 2. The molecule has 29 heavy (non-hydrogen) atoms. The monoisotopic (exact) mass is 406 g/mol. The molecule has 1 N–H and O–H groups in total. The van der Waals surface area contributed by atoms with Crippen molar-refractivity contribution in [3.05, 3.63) is 81.8 Å². The molecule has 6 heteroatoms. The maximum Gasteiger partial charge on any atom is 0.294 e. The highest BCUT2D eigenvalue weighted by Gasteiger charge is 2.36. The molecule has 1 aliphatic rings. The summed E-state index contributed by atoms with van der Waals surface area (Å²) in [6, 6.07) is 15.3. The summed E-state index contributed by atoms with van der Waals surface area (Å²) in [5.74, 6) is -0.851. The number of nitrogens with one attached hydrogen (secondary N) is 1. The van der Waals surface area contributed by atoms with E-state index in [1.54, 1.807) is 12.1 Å². The Bertz CT molecular complexity index is 1030. The van der Waals surface area contributed by atoms with Crippen LogP contribution in [0.15, 0.2) is 65.1 Å². The predicted octanol–water partition coefficient (Wildman–Crippen LogP) is 4.92. The molecule has 0 aromatic heterocycles. The summed E-state index contributed by atoms with van der Waals surface area (Å²) >= 11 is 0.852. The molecule has 1 aliphatic heterocycles. The third-order valence-corrected chi connectivity index (χ3v) is 5.51. The number of hydrogen-bond donors (Lipinski definition) is 1. The first-order valence-corrected chi connectivity index (χ1v) is 10.0. The van der Waals surface area contributed by atoms with Crippen molar-refractivity contribution in [2.45, 2.75) is 20.8 Å². The molecule has 0 aliphatic carbocycles. The van der Waals surface area contributed by atoms with Gasteiger partial charge in [0.05, 0.1) is 4.91 Å². The first kappa shape index (κ1) is 20.6. The molecule has 3 amide bonds. The second-order valence-corrected chi connectivity index (χ2v) is 7.86. The van der Waals surface area contributed by atoms with Gasteiger partial charge >= 0.3 is 0 Å². The van der Waals surface area contributed by atoms with Gasteiger partial charge in [0.1, 0.15) is 6.54 Å². The Labute approximate surface area is 174 Å². The third kappa shape index (κ3) is 5.03. The first-order valence-electron chi connectivity index (χ1n) is 9.20.